The van der Waals surface area contributed by atoms with Gasteiger partial charge in [0, 0.05) is 62.7 Å². The van der Waals surface area contributed by atoms with E-state index in [2.05, 4.69) is 46.2 Å². The Morgan fingerprint density at radius 1 is 0.861 bits per heavy atom. The van der Waals surface area contributed by atoms with Crippen LogP contribution >= 0.6 is 0 Å². The second-order valence-electron chi connectivity index (χ2n) is 9.32. The number of rotatable bonds is 6. The van der Waals surface area contributed by atoms with Crippen LogP contribution in [0.3, 0.4) is 0 Å². The predicted molar refractivity (Wildman–Crippen MR) is 144 cm³/mol. The highest BCUT2D eigenvalue weighted by Gasteiger charge is 2.18. The molecule has 0 bridgehead atoms. The van der Waals surface area contributed by atoms with E-state index in [4.69, 9.17) is 10.5 Å². The van der Waals surface area contributed by atoms with E-state index < -0.39 is 0 Å². The largest absolute Gasteiger partial charge is 0.457 e. The molecule has 0 saturated carbocycles. The smallest absolute Gasteiger partial charge is 0.267 e. The normalized spacial score (nSPS) is 14.6. The summed E-state index contributed by atoms with van der Waals surface area (Å²) in [6.45, 7) is 5.24. The van der Waals surface area contributed by atoms with Gasteiger partial charge >= 0.3 is 0 Å². The number of benzene rings is 3. The number of aromatic nitrogens is 2. The van der Waals surface area contributed by atoms with Gasteiger partial charge in [0.25, 0.3) is 5.56 Å². The Labute approximate surface area is 211 Å². The monoisotopic (exact) mass is 481 g/mol. The highest BCUT2D eigenvalue weighted by atomic mass is 16.5. The number of aryl methyl sites for hydroxylation is 1. The van der Waals surface area contributed by atoms with E-state index >= 15 is 0 Å². The van der Waals surface area contributed by atoms with Gasteiger partial charge in [-0.1, -0.05) is 42.5 Å². The molecular formula is C29H31N5O2. The van der Waals surface area contributed by atoms with Crippen molar-refractivity contribution < 1.29 is 4.74 Å². The van der Waals surface area contributed by atoms with Crippen molar-refractivity contribution in [2.24, 2.45) is 7.05 Å². The topological polar surface area (TPSA) is 76.6 Å². The van der Waals surface area contributed by atoms with Crippen molar-refractivity contribution in [3.8, 4) is 33.9 Å². The lowest BCUT2D eigenvalue weighted by Crippen LogP contribution is -2.43. The van der Waals surface area contributed by atoms with Crippen molar-refractivity contribution in [3.63, 3.8) is 0 Å². The van der Waals surface area contributed by atoms with E-state index in [9.17, 15) is 4.79 Å². The van der Waals surface area contributed by atoms with E-state index in [1.54, 1.807) is 19.2 Å². The molecule has 1 aliphatic heterocycles. The van der Waals surface area contributed by atoms with Gasteiger partial charge in [-0.15, -0.1) is 0 Å². The second kappa shape index (κ2) is 10.4. The third kappa shape index (κ3) is 5.32. The molecule has 7 nitrogen and oxygen atoms in total. The molecule has 0 amide bonds. The minimum Gasteiger partial charge on any atom is -0.457 e. The Kier molecular flexibility index (Phi) is 6.84. The van der Waals surface area contributed by atoms with Gasteiger partial charge in [0.15, 0.2) is 0 Å². The zero-order chi connectivity index (χ0) is 25.1. The summed E-state index contributed by atoms with van der Waals surface area (Å²) < 4.78 is 7.54. The summed E-state index contributed by atoms with van der Waals surface area (Å²) in [5.41, 5.74) is 10.9. The van der Waals surface area contributed by atoms with Crippen molar-refractivity contribution in [2.75, 3.05) is 39.0 Å². The zero-order valence-electron chi connectivity index (χ0n) is 20.7. The standard InChI is InChI=1S/C29H31N5O2/c1-32-14-16-34(17-15-32)20-21-8-10-22(11-9-21)25-19-28(35)33(2)31-29(25)26-18-23(30)12-13-27(26)36-24-6-4-3-5-7-24/h3-13,18-19H,14-17,20,30H2,1-2H3. The van der Waals surface area contributed by atoms with Crippen LogP contribution in [0.4, 0.5) is 5.69 Å². The Balaban J connectivity index is 1.51. The third-order valence-corrected chi connectivity index (χ3v) is 6.59. The van der Waals surface area contributed by atoms with Gasteiger partial charge in [-0.05, 0) is 48.5 Å². The average Bonchev–Trinajstić information content (AvgIpc) is 2.89. The van der Waals surface area contributed by atoms with E-state index in [1.165, 1.54) is 10.2 Å². The summed E-state index contributed by atoms with van der Waals surface area (Å²) in [5, 5.41) is 4.64. The van der Waals surface area contributed by atoms with Crippen LogP contribution in [0.2, 0.25) is 0 Å². The maximum absolute atomic E-state index is 12.6. The molecule has 2 N–H and O–H groups in total. The Morgan fingerprint density at radius 3 is 2.31 bits per heavy atom. The molecule has 7 heteroatoms. The molecule has 1 aliphatic rings. The zero-order valence-corrected chi connectivity index (χ0v) is 20.7. The quantitative estimate of drug-likeness (QED) is 0.415. The summed E-state index contributed by atoms with van der Waals surface area (Å²) in [6, 6.07) is 25.1. The summed E-state index contributed by atoms with van der Waals surface area (Å²) in [5.74, 6) is 1.33. The number of hydrogen-bond donors (Lipinski definition) is 1. The molecule has 36 heavy (non-hydrogen) atoms. The fourth-order valence-corrected chi connectivity index (χ4v) is 4.45. The third-order valence-electron chi connectivity index (χ3n) is 6.59. The van der Waals surface area contributed by atoms with Crippen molar-refractivity contribution in [3.05, 3.63) is 94.8 Å². The SMILES string of the molecule is CN1CCN(Cc2ccc(-c3cc(=O)n(C)nc3-c3cc(N)ccc3Oc3ccccc3)cc2)CC1. The Bertz CT molecular complexity index is 1390. The first-order valence-electron chi connectivity index (χ1n) is 12.2. The number of para-hydroxylation sites is 1. The molecule has 0 atom stereocenters. The number of ether oxygens (including phenoxy) is 1. The number of nitrogen functional groups attached to an aromatic ring is 1. The van der Waals surface area contributed by atoms with Crippen LogP contribution in [0.25, 0.3) is 22.4 Å². The number of nitrogens with two attached hydrogens (primary N) is 1. The Hall–Kier alpha value is -3.94. The van der Waals surface area contributed by atoms with E-state index in [0.717, 1.165) is 49.4 Å². The van der Waals surface area contributed by atoms with Crippen LogP contribution in [0.15, 0.2) is 83.7 Å². The lowest BCUT2D eigenvalue weighted by atomic mass is 9.98. The molecule has 2 heterocycles. The molecule has 1 aromatic heterocycles. The minimum absolute atomic E-state index is 0.176. The molecule has 0 radical (unpaired) electrons. The van der Waals surface area contributed by atoms with Crippen LogP contribution in [0.1, 0.15) is 5.56 Å². The first kappa shape index (κ1) is 23.8. The average molecular weight is 482 g/mol. The molecule has 1 fully saturated rings. The summed E-state index contributed by atoms with van der Waals surface area (Å²) >= 11 is 0. The minimum atomic E-state index is -0.176. The number of anilines is 1. The molecule has 4 aromatic rings. The van der Waals surface area contributed by atoms with Gasteiger partial charge in [0.1, 0.15) is 17.2 Å². The molecule has 5 rings (SSSR count). The highest BCUT2D eigenvalue weighted by Crippen LogP contribution is 2.38. The van der Waals surface area contributed by atoms with Crippen LogP contribution < -0.4 is 16.0 Å². The lowest BCUT2D eigenvalue weighted by molar-refractivity contribution is 0.148. The number of piperazine rings is 1. The number of nitrogens with zero attached hydrogens (tertiary/aromatic N) is 4. The molecule has 0 spiro atoms. The summed E-state index contributed by atoms with van der Waals surface area (Å²) in [4.78, 5) is 17.5. The fraction of sp³-hybridized carbons (Fsp3) is 0.241. The lowest BCUT2D eigenvalue weighted by Gasteiger charge is -2.32. The van der Waals surface area contributed by atoms with Gasteiger partial charge in [0.05, 0.1) is 0 Å². The molecule has 3 aromatic carbocycles. The van der Waals surface area contributed by atoms with Crippen molar-refractivity contribution >= 4 is 5.69 Å². The molecular weight excluding hydrogens is 450 g/mol. The first-order chi connectivity index (χ1) is 17.5. The second-order valence-corrected chi connectivity index (χ2v) is 9.32. The molecule has 0 unspecified atom stereocenters. The maximum atomic E-state index is 12.6. The molecule has 0 aliphatic carbocycles. The van der Waals surface area contributed by atoms with Crippen LogP contribution in [0, 0.1) is 0 Å². The maximum Gasteiger partial charge on any atom is 0.267 e. The number of likely N-dealkylation sites (N-methyl/N-ethyl adjacent to an activating group) is 1. The van der Waals surface area contributed by atoms with Crippen LogP contribution in [-0.2, 0) is 13.6 Å². The van der Waals surface area contributed by atoms with E-state index in [0.29, 0.717) is 22.9 Å². The van der Waals surface area contributed by atoms with Gasteiger partial charge in [-0.25, -0.2) is 4.68 Å². The molecule has 1 saturated heterocycles. The van der Waals surface area contributed by atoms with Gasteiger partial charge in [0.2, 0.25) is 0 Å². The van der Waals surface area contributed by atoms with E-state index in [-0.39, 0.29) is 5.56 Å². The fourth-order valence-electron chi connectivity index (χ4n) is 4.45. The number of hydrogen-bond acceptors (Lipinski definition) is 6. The first-order valence-corrected chi connectivity index (χ1v) is 12.2. The van der Waals surface area contributed by atoms with Gasteiger partial charge in [-0.2, -0.15) is 5.10 Å². The van der Waals surface area contributed by atoms with Crippen molar-refractivity contribution in [2.45, 2.75) is 6.54 Å². The summed E-state index contributed by atoms with van der Waals surface area (Å²) in [7, 11) is 3.82. The van der Waals surface area contributed by atoms with Crippen molar-refractivity contribution in [1.82, 2.24) is 19.6 Å². The van der Waals surface area contributed by atoms with Crippen LogP contribution in [-0.4, -0.2) is 52.8 Å². The van der Waals surface area contributed by atoms with Crippen molar-refractivity contribution in [1.29, 1.82) is 0 Å². The van der Waals surface area contributed by atoms with E-state index in [1.807, 2.05) is 42.5 Å². The van der Waals surface area contributed by atoms with Crippen LogP contribution in [0.5, 0.6) is 11.5 Å². The van der Waals surface area contributed by atoms with Gasteiger partial charge in [-0.3, -0.25) is 9.69 Å². The van der Waals surface area contributed by atoms with Gasteiger partial charge < -0.3 is 15.4 Å². The molecule has 184 valence electrons. The predicted octanol–water partition coefficient (Wildman–Crippen LogP) is 4.24. The highest BCUT2D eigenvalue weighted by molar-refractivity contribution is 5.84. The Morgan fingerprint density at radius 2 is 1.58 bits per heavy atom. The summed E-state index contributed by atoms with van der Waals surface area (Å²) in [6.07, 6.45) is 0.